The Morgan fingerprint density at radius 3 is 2.29 bits per heavy atom. The number of hydrogen-bond donors (Lipinski definition) is 3. The van der Waals surface area contributed by atoms with Crippen LogP contribution in [0.3, 0.4) is 0 Å². The lowest BCUT2D eigenvalue weighted by molar-refractivity contribution is -0.137. The van der Waals surface area contributed by atoms with Crippen LogP contribution in [0.4, 0.5) is 0 Å². The SMILES string of the molecule is CNC(=O)c1ccc(S(=O)(=O)NC(C)CCC(=O)O)cc1. The highest BCUT2D eigenvalue weighted by Crippen LogP contribution is 2.12. The predicted octanol–water partition coefficient (Wildman–Crippen LogP) is 0.578. The Balaban J connectivity index is 2.78. The van der Waals surface area contributed by atoms with Gasteiger partial charge in [0.05, 0.1) is 4.90 Å². The highest BCUT2D eigenvalue weighted by molar-refractivity contribution is 7.89. The van der Waals surface area contributed by atoms with Crippen molar-refractivity contribution in [2.24, 2.45) is 0 Å². The molecule has 0 fully saturated rings. The zero-order valence-corrected chi connectivity index (χ0v) is 12.6. The van der Waals surface area contributed by atoms with Gasteiger partial charge in [0.2, 0.25) is 10.0 Å². The van der Waals surface area contributed by atoms with Gasteiger partial charge < -0.3 is 10.4 Å². The molecular weight excluding hydrogens is 296 g/mol. The lowest BCUT2D eigenvalue weighted by Gasteiger charge is -2.13. The van der Waals surface area contributed by atoms with Gasteiger partial charge in [0.1, 0.15) is 0 Å². The molecule has 0 bridgehead atoms. The number of amides is 1. The Morgan fingerprint density at radius 1 is 1.24 bits per heavy atom. The molecule has 8 heteroatoms. The fourth-order valence-corrected chi connectivity index (χ4v) is 2.94. The van der Waals surface area contributed by atoms with Crippen molar-refractivity contribution in [2.75, 3.05) is 7.05 Å². The number of carbonyl (C=O) groups is 2. The first-order valence-electron chi connectivity index (χ1n) is 6.32. The van der Waals surface area contributed by atoms with Crippen LogP contribution in [-0.2, 0) is 14.8 Å². The van der Waals surface area contributed by atoms with Crippen LogP contribution in [0.5, 0.6) is 0 Å². The molecule has 0 aliphatic heterocycles. The largest absolute Gasteiger partial charge is 0.481 e. The van der Waals surface area contributed by atoms with Crippen LogP contribution in [0.2, 0.25) is 0 Å². The van der Waals surface area contributed by atoms with Gasteiger partial charge in [0, 0.05) is 25.1 Å². The van der Waals surface area contributed by atoms with Crippen LogP contribution in [0.1, 0.15) is 30.1 Å². The molecule has 3 N–H and O–H groups in total. The fraction of sp³-hybridized carbons (Fsp3) is 0.385. The average molecular weight is 314 g/mol. The minimum atomic E-state index is -3.73. The Morgan fingerprint density at radius 2 is 1.81 bits per heavy atom. The summed E-state index contributed by atoms with van der Waals surface area (Å²) >= 11 is 0. The zero-order chi connectivity index (χ0) is 16.0. The van der Waals surface area contributed by atoms with E-state index in [4.69, 9.17) is 5.11 Å². The predicted molar refractivity (Wildman–Crippen MR) is 76.5 cm³/mol. The van der Waals surface area contributed by atoms with Crippen molar-refractivity contribution in [1.29, 1.82) is 0 Å². The van der Waals surface area contributed by atoms with Crippen molar-refractivity contribution in [1.82, 2.24) is 10.0 Å². The summed E-state index contributed by atoms with van der Waals surface area (Å²) in [6, 6.07) is 4.99. The van der Waals surface area contributed by atoms with Crippen molar-refractivity contribution in [3.63, 3.8) is 0 Å². The second-order valence-electron chi connectivity index (χ2n) is 4.56. The van der Waals surface area contributed by atoms with Gasteiger partial charge in [-0.2, -0.15) is 0 Å². The van der Waals surface area contributed by atoms with Crippen molar-refractivity contribution in [3.05, 3.63) is 29.8 Å². The number of benzene rings is 1. The normalized spacial score (nSPS) is 12.7. The van der Waals surface area contributed by atoms with Gasteiger partial charge in [-0.25, -0.2) is 13.1 Å². The van der Waals surface area contributed by atoms with Crippen LogP contribution >= 0.6 is 0 Å². The van der Waals surface area contributed by atoms with E-state index in [1.54, 1.807) is 6.92 Å². The van der Waals surface area contributed by atoms with Crippen LogP contribution < -0.4 is 10.0 Å². The van der Waals surface area contributed by atoms with E-state index < -0.39 is 22.0 Å². The van der Waals surface area contributed by atoms with E-state index in [2.05, 4.69) is 10.0 Å². The molecule has 21 heavy (non-hydrogen) atoms. The van der Waals surface area contributed by atoms with Gasteiger partial charge in [-0.3, -0.25) is 9.59 Å². The third kappa shape index (κ3) is 5.16. The number of carboxylic acid groups (broad SMARTS) is 1. The molecule has 0 radical (unpaired) electrons. The molecule has 0 aromatic heterocycles. The summed E-state index contributed by atoms with van der Waals surface area (Å²) in [7, 11) is -2.25. The van der Waals surface area contributed by atoms with Crippen LogP contribution in [-0.4, -0.2) is 38.5 Å². The number of carbonyl (C=O) groups excluding carboxylic acids is 1. The lowest BCUT2D eigenvalue weighted by atomic mass is 10.2. The summed E-state index contributed by atoms with van der Waals surface area (Å²) in [6.45, 7) is 1.60. The third-order valence-electron chi connectivity index (χ3n) is 2.80. The molecule has 0 spiro atoms. The van der Waals surface area contributed by atoms with Gasteiger partial charge in [-0.1, -0.05) is 0 Å². The van der Waals surface area contributed by atoms with Gasteiger partial charge in [0.25, 0.3) is 5.91 Å². The maximum absolute atomic E-state index is 12.1. The first-order chi connectivity index (χ1) is 9.76. The number of hydrogen-bond acceptors (Lipinski definition) is 4. The Hall–Kier alpha value is -1.93. The standard InChI is InChI=1S/C13H18N2O5S/c1-9(3-8-12(16)17)15-21(19,20)11-6-4-10(5-7-11)13(18)14-2/h4-7,9,15H,3,8H2,1-2H3,(H,14,18)(H,16,17). The second kappa shape index (κ2) is 7.19. The molecular formula is C13H18N2O5S. The van der Waals surface area contributed by atoms with E-state index in [1.165, 1.54) is 31.3 Å². The maximum Gasteiger partial charge on any atom is 0.303 e. The first-order valence-corrected chi connectivity index (χ1v) is 7.81. The molecule has 1 aromatic carbocycles. The van der Waals surface area contributed by atoms with Crippen molar-refractivity contribution in [3.8, 4) is 0 Å². The molecule has 1 unspecified atom stereocenters. The van der Waals surface area contributed by atoms with E-state index >= 15 is 0 Å². The zero-order valence-electron chi connectivity index (χ0n) is 11.8. The minimum Gasteiger partial charge on any atom is -0.481 e. The number of sulfonamides is 1. The highest BCUT2D eigenvalue weighted by atomic mass is 32.2. The van der Waals surface area contributed by atoms with Gasteiger partial charge in [-0.05, 0) is 37.6 Å². The molecule has 1 amide bonds. The second-order valence-corrected chi connectivity index (χ2v) is 6.27. The summed E-state index contributed by atoms with van der Waals surface area (Å²) in [5.74, 6) is -1.28. The quantitative estimate of drug-likeness (QED) is 0.681. The topological polar surface area (TPSA) is 113 Å². The molecule has 1 aromatic rings. The molecule has 0 saturated heterocycles. The van der Waals surface area contributed by atoms with Crippen molar-refractivity contribution in [2.45, 2.75) is 30.7 Å². The Bertz CT molecular complexity index is 610. The van der Waals surface area contributed by atoms with E-state index in [0.717, 1.165) is 0 Å². The molecule has 1 atom stereocenters. The van der Waals surface area contributed by atoms with Gasteiger partial charge in [-0.15, -0.1) is 0 Å². The summed E-state index contributed by atoms with van der Waals surface area (Å²) in [6.07, 6.45) is 0.0875. The molecule has 0 saturated carbocycles. The lowest BCUT2D eigenvalue weighted by Crippen LogP contribution is -2.33. The smallest absolute Gasteiger partial charge is 0.303 e. The minimum absolute atomic E-state index is 0.0253. The monoisotopic (exact) mass is 314 g/mol. The number of rotatable bonds is 7. The molecule has 7 nitrogen and oxygen atoms in total. The van der Waals surface area contributed by atoms with Gasteiger partial charge in [0.15, 0.2) is 0 Å². The van der Waals surface area contributed by atoms with Crippen molar-refractivity contribution >= 4 is 21.9 Å². The van der Waals surface area contributed by atoms with Crippen LogP contribution in [0.25, 0.3) is 0 Å². The van der Waals surface area contributed by atoms with Crippen LogP contribution in [0, 0.1) is 0 Å². The first kappa shape index (κ1) is 17.1. The Labute approximate surface area is 123 Å². The van der Waals surface area contributed by atoms with Gasteiger partial charge >= 0.3 is 5.97 Å². The van der Waals surface area contributed by atoms with E-state index in [0.29, 0.717) is 5.56 Å². The number of nitrogens with one attached hydrogen (secondary N) is 2. The summed E-state index contributed by atoms with van der Waals surface area (Å²) in [5, 5.41) is 11.0. The van der Waals surface area contributed by atoms with E-state index in [9.17, 15) is 18.0 Å². The molecule has 0 heterocycles. The molecule has 0 aliphatic rings. The molecule has 1 rings (SSSR count). The summed E-state index contributed by atoms with van der Waals surface area (Å²) in [5.41, 5.74) is 0.357. The maximum atomic E-state index is 12.1. The van der Waals surface area contributed by atoms with Crippen molar-refractivity contribution < 1.29 is 23.1 Å². The van der Waals surface area contributed by atoms with E-state index in [-0.39, 0.29) is 23.6 Å². The molecule has 116 valence electrons. The third-order valence-corrected chi connectivity index (χ3v) is 4.41. The Kier molecular flexibility index (Phi) is 5.86. The van der Waals surface area contributed by atoms with Crippen LogP contribution in [0.15, 0.2) is 29.2 Å². The molecule has 0 aliphatic carbocycles. The number of aliphatic carboxylic acids is 1. The average Bonchev–Trinajstić information content (AvgIpc) is 2.44. The number of carboxylic acids is 1. The summed E-state index contributed by atoms with van der Waals surface area (Å²) < 4.78 is 26.6. The summed E-state index contributed by atoms with van der Waals surface area (Å²) in [4.78, 5) is 21.8. The fourth-order valence-electron chi connectivity index (χ4n) is 1.66. The van der Waals surface area contributed by atoms with E-state index in [1.807, 2.05) is 0 Å². The highest BCUT2D eigenvalue weighted by Gasteiger charge is 2.18.